The fourth-order valence-electron chi connectivity index (χ4n) is 2.46. The number of ether oxygens (including phenoxy) is 6. The minimum atomic E-state index is -1.82. The van der Waals surface area contributed by atoms with Gasteiger partial charge in [0, 0.05) is 30.4 Å². The lowest BCUT2D eigenvalue weighted by Gasteiger charge is -2.35. The third-order valence-electron chi connectivity index (χ3n) is 4.31. The molecule has 0 spiro atoms. The van der Waals surface area contributed by atoms with Gasteiger partial charge in [-0.05, 0) is 20.8 Å². The Bertz CT molecular complexity index is 956. The Morgan fingerprint density at radius 3 is 1.18 bits per heavy atom. The van der Waals surface area contributed by atoms with Crippen LogP contribution in [0.1, 0.15) is 20.8 Å². The molecule has 0 rings (SSSR count). The van der Waals surface area contributed by atoms with Gasteiger partial charge in [0.15, 0.2) is 24.4 Å². The molecule has 0 aliphatic rings. The number of esters is 6. The standard InChI is InChI=1S/C26H32O12/c1-9-18(27)33-14-16(35-19(28)10-2)23(37-21(30)12-4)24(38-22(31)13-5)17(36-20(29)11-3)15-34-25(32)26(6,7)8/h9-13,16-17,23-24H,1-5,14-15H2,6-8H3. The second-order valence-corrected chi connectivity index (χ2v) is 8.25. The monoisotopic (exact) mass is 536 g/mol. The number of carbonyl (C=O) groups excluding carboxylic acids is 6. The van der Waals surface area contributed by atoms with E-state index >= 15 is 0 Å². The molecule has 208 valence electrons. The summed E-state index contributed by atoms with van der Waals surface area (Å²) in [5.41, 5.74) is -0.976. The van der Waals surface area contributed by atoms with Gasteiger partial charge in [0.1, 0.15) is 13.2 Å². The normalized spacial score (nSPS) is 13.6. The Kier molecular flexibility index (Phi) is 14.4. The molecule has 0 radical (unpaired) electrons. The molecule has 0 amide bonds. The van der Waals surface area contributed by atoms with Crippen molar-refractivity contribution >= 4 is 35.8 Å². The first-order chi connectivity index (χ1) is 17.7. The van der Waals surface area contributed by atoms with Gasteiger partial charge in [-0.1, -0.05) is 32.9 Å². The quantitative estimate of drug-likeness (QED) is 0.160. The molecule has 12 heteroatoms. The zero-order chi connectivity index (χ0) is 29.5. The maximum absolute atomic E-state index is 12.4. The van der Waals surface area contributed by atoms with E-state index in [4.69, 9.17) is 28.4 Å². The highest BCUT2D eigenvalue weighted by atomic mass is 16.6. The average Bonchev–Trinajstić information content (AvgIpc) is 2.88. The maximum atomic E-state index is 12.4. The van der Waals surface area contributed by atoms with Crippen LogP contribution >= 0.6 is 0 Å². The van der Waals surface area contributed by atoms with E-state index in [9.17, 15) is 28.8 Å². The lowest BCUT2D eigenvalue weighted by atomic mass is 9.97. The molecule has 0 saturated carbocycles. The van der Waals surface area contributed by atoms with Gasteiger partial charge in [-0.3, -0.25) is 4.79 Å². The van der Waals surface area contributed by atoms with E-state index in [1.807, 2.05) is 0 Å². The second kappa shape index (κ2) is 16.3. The van der Waals surface area contributed by atoms with E-state index in [1.165, 1.54) is 0 Å². The van der Waals surface area contributed by atoms with Crippen LogP contribution in [0.4, 0.5) is 0 Å². The van der Waals surface area contributed by atoms with Gasteiger partial charge in [0.05, 0.1) is 5.41 Å². The van der Waals surface area contributed by atoms with E-state index in [0.717, 1.165) is 30.4 Å². The van der Waals surface area contributed by atoms with E-state index in [0.29, 0.717) is 0 Å². The van der Waals surface area contributed by atoms with E-state index in [1.54, 1.807) is 20.8 Å². The highest BCUT2D eigenvalue weighted by Gasteiger charge is 2.45. The molecular weight excluding hydrogens is 504 g/mol. The van der Waals surface area contributed by atoms with Crippen LogP contribution < -0.4 is 0 Å². The van der Waals surface area contributed by atoms with Gasteiger partial charge in [-0.25, -0.2) is 24.0 Å². The van der Waals surface area contributed by atoms with Crippen molar-refractivity contribution in [2.45, 2.75) is 45.2 Å². The lowest BCUT2D eigenvalue weighted by Crippen LogP contribution is -2.54. The molecule has 0 saturated heterocycles. The summed E-state index contributed by atoms with van der Waals surface area (Å²) in [5.74, 6) is -5.92. The molecule has 12 nitrogen and oxygen atoms in total. The summed E-state index contributed by atoms with van der Waals surface area (Å²) in [4.78, 5) is 72.8. The molecule has 38 heavy (non-hydrogen) atoms. The lowest BCUT2D eigenvalue weighted by molar-refractivity contribution is -0.203. The van der Waals surface area contributed by atoms with Gasteiger partial charge in [-0.15, -0.1) is 0 Å². The molecular formula is C26H32O12. The van der Waals surface area contributed by atoms with Crippen molar-refractivity contribution in [3.05, 3.63) is 63.3 Å². The van der Waals surface area contributed by atoms with Crippen molar-refractivity contribution in [2.24, 2.45) is 5.41 Å². The molecule has 0 aromatic heterocycles. The molecule has 0 aliphatic carbocycles. The van der Waals surface area contributed by atoms with Crippen molar-refractivity contribution in [1.29, 1.82) is 0 Å². The Morgan fingerprint density at radius 1 is 0.553 bits per heavy atom. The van der Waals surface area contributed by atoms with E-state index in [2.05, 4.69) is 32.9 Å². The van der Waals surface area contributed by atoms with Crippen LogP contribution in [0.5, 0.6) is 0 Å². The van der Waals surface area contributed by atoms with Gasteiger partial charge >= 0.3 is 35.8 Å². The number of rotatable bonds is 16. The third-order valence-corrected chi connectivity index (χ3v) is 4.31. The molecule has 0 aliphatic heterocycles. The summed E-state index contributed by atoms with van der Waals surface area (Å²) in [5, 5.41) is 0. The molecule has 4 unspecified atom stereocenters. The number of carbonyl (C=O) groups is 6. The Hall–Kier alpha value is -4.48. The fraction of sp³-hybridized carbons (Fsp3) is 0.385. The molecule has 0 aromatic carbocycles. The molecule has 4 atom stereocenters. The molecule has 0 N–H and O–H groups in total. The minimum Gasteiger partial charge on any atom is -0.461 e. The third kappa shape index (κ3) is 12.0. The van der Waals surface area contributed by atoms with Crippen LogP contribution in [0.15, 0.2) is 63.3 Å². The van der Waals surface area contributed by atoms with Crippen LogP contribution in [0, 0.1) is 5.41 Å². The Morgan fingerprint density at radius 2 is 0.868 bits per heavy atom. The van der Waals surface area contributed by atoms with E-state index < -0.39 is 78.9 Å². The molecule has 0 bridgehead atoms. The largest absolute Gasteiger partial charge is 0.461 e. The molecule has 0 fully saturated rings. The van der Waals surface area contributed by atoms with Gasteiger partial charge < -0.3 is 28.4 Å². The minimum absolute atomic E-state index is 0.707. The van der Waals surface area contributed by atoms with Crippen molar-refractivity contribution in [2.75, 3.05) is 13.2 Å². The van der Waals surface area contributed by atoms with Crippen molar-refractivity contribution in [1.82, 2.24) is 0 Å². The van der Waals surface area contributed by atoms with Gasteiger partial charge in [0.2, 0.25) is 0 Å². The number of hydrogen-bond donors (Lipinski definition) is 0. The predicted molar refractivity (Wildman–Crippen MR) is 132 cm³/mol. The van der Waals surface area contributed by atoms with Gasteiger partial charge in [0.25, 0.3) is 0 Å². The topological polar surface area (TPSA) is 158 Å². The van der Waals surface area contributed by atoms with Crippen LogP contribution in [0.3, 0.4) is 0 Å². The predicted octanol–water partition coefficient (Wildman–Crippen LogP) is 1.70. The van der Waals surface area contributed by atoms with Crippen LogP contribution in [-0.4, -0.2) is 73.4 Å². The smallest absolute Gasteiger partial charge is 0.330 e. The first-order valence-corrected chi connectivity index (χ1v) is 11.0. The summed E-state index contributed by atoms with van der Waals surface area (Å²) < 4.78 is 31.2. The second-order valence-electron chi connectivity index (χ2n) is 8.25. The van der Waals surface area contributed by atoms with Crippen molar-refractivity contribution < 1.29 is 57.2 Å². The van der Waals surface area contributed by atoms with Crippen LogP contribution in [0.2, 0.25) is 0 Å². The summed E-state index contributed by atoms with van der Waals surface area (Å²) in [6, 6.07) is 0. The SMILES string of the molecule is C=CC(=O)OCC(OC(=O)C=C)C(OC(=O)C=C)C(OC(=O)C=C)C(COC(=O)C(C)(C)C)OC(=O)C=C. The summed E-state index contributed by atoms with van der Waals surface area (Å²) in [6.07, 6.45) is -3.12. The summed E-state index contributed by atoms with van der Waals surface area (Å²) >= 11 is 0. The average molecular weight is 537 g/mol. The van der Waals surface area contributed by atoms with Crippen molar-refractivity contribution in [3.63, 3.8) is 0 Å². The highest BCUT2D eigenvalue weighted by Crippen LogP contribution is 2.22. The first-order valence-electron chi connectivity index (χ1n) is 11.0. The van der Waals surface area contributed by atoms with Crippen LogP contribution in [-0.2, 0) is 57.2 Å². The Labute approximate surface area is 220 Å². The Balaban J connectivity index is 6.82. The maximum Gasteiger partial charge on any atom is 0.330 e. The fourth-order valence-corrected chi connectivity index (χ4v) is 2.46. The molecule has 0 heterocycles. The first kappa shape index (κ1) is 33.5. The summed E-state index contributed by atoms with van der Waals surface area (Å²) in [7, 11) is 0. The van der Waals surface area contributed by atoms with E-state index in [-0.39, 0.29) is 0 Å². The van der Waals surface area contributed by atoms with Crippen LogP contribution in [0.25, 0.3) is 0 Å². The zero-order valence-electron chi connectivity index (χ0n) is 21.5. The number of hydrogen-bond acceptors (Lipinski definition) is 12. The zero-order valence-corrected chi connectivity index (χ0v) is 21.5. The van der Waals surface area contributed by atoms with Crippen molar-refractivity contribution in [3.8, 4) is 0 Å². The summed E-state index contributed by atoms with van der Waals surface area (Å²) in [6.45, 7) is 19.6. The molecule has 0 aromatic rings. The highest BCUT2D eigenvalue weighted by molar-refractivity contribution is 5.84. The van der Waals surface area contributed by atoms with Gasteiger partial charge in [-0.2, -0.15) is 0 Å².